The third kappa shape index (κ3) is 5.17. The summed E-state index contributed by atoms with van der Waals surface area (Å²) in [5.74, 6) is -0.258. The molecular weight excluding hydrogens is 395 g/mol. The Labute approximate surface area is 169 Å². The Morgan fingerprint density at radius 3 is 2.65 bits per heavy atom. The van der Waals surface area contributed by atoms with Crippen molar-refractivity contribution in [3.05, 3.63) is 46.4 Å². The van der Waals surface area contributed by atoms with Gasteiger partial charge in [0.2, 0.25) is 0 Å². The molecule has 1 fully saturated rings. The van der Waals surface area contributed by atoms with E-state index in [1.807, 2.05) is 17.3 Å². The predicted octanol–water partition coefficient (Wildman–Crippen LogP) is 3.06. The third-order valence-corrected chi connectivity index (χ3v) is 5.07. The topological polar surface area (TPSA) is 74.3 Å². The maximum atomic E-state index is 12.8. The highest BCUT2D eigenvalue weighted by Crippen LogP contribution is 2.26. The van der Waals surface area contributed by atoms with E-state index in [0.717, 1.165) is 19.4 Å². The quantitative estimate of drug-likeness (QED) is 0.802. The molecule has 2 aromatic heterocycles. The molecule has 0 aliphatic carbocycles. The average molecular weight is 417 g/mol. The molecule has 0 spiro atoms. The zero-order chi connectivity index (χ0) is 16.9. The summed E-state index contributed by atoms with van der Waals surface area (Å²) in [6.07, 6.45) is 5.21. The largest absolute Gasteiger partial charge is 0.336 e. The van der Waals surface area contributed by atoms with E-state index in [1.54, 1.807) is 30.6 Å². The fraction of sp³-hybridized carbons (Fsp3) is 0.353. The minimum atomic E-state index is -0.239. The fourth-order valence-electron chi connectivity index (χ4n) is 2.81. The van der Waals surface area contributed by atoms with E-state index in [-0.39, 0.29) is 36.6 Å². The molecule has 0 bridgehead atoms. The number of amides is 2. The zero-order valence-corrected chi connectivity index (χ0v) is 16.8. The molecule has 3 rings (SSSR count). The van der Waals surface area contributed by atoms with Crippen LogP contribution >= 0.6 is 36.2 Å². The Bertz CT molecular complexity index is 727. The number of pyridine rings is 1. The number of likely N-dealkylation sites (N-methyl/N-ethyl adjacent to an activating group) is 1. The molecule has 0 radical (unpaired) electrons. The van der Waals surface area contributed by atoms with Gasteiger partial charge in [0.15, 0.2) is 0 Å². The van der Waals surface area contributed by atoms with Crippen molar-refractivity contribution in [3.63, 3.8) is 0 Å². The maximum absolute atomic E-state index is 12.8. The number of halogens is 2. The first kappa shape index (κ1) is 22.4. The van der Waals surface area contributed by atoms with Crippen LogP contribution in [0.2, 0.25) is 0 Å². The van der Waals surface area contributed by atoms with Crippen molar-refractivity contribution in [2.45, 2.75) is 18.9 Å². The van der Waals surface area contributed by atoms with Crippen molar-refractivity contribution in [1.29, 1.82) is 0 Å². The van der Waals surface area contributed by atoms with Gasteiger partial charge in [0, 0.05) is 37.1 Å². The number of carbonyl (C=O) groups excluding carboxylic acids is 2. The first-order valence-corrected chi connectivity index (χ1v) is 8.82. The second kappa shape index (κ2) is 10.5. The van der Waals surface area contributed by atoms with Gasteiger partial charge >= 0.3 is 0 Å². The summed E-state index contributed by atoms with van der Waals surface area (Å²) in [4.78, 5) is 31.4. The van der Waals surface area contributed by atoms with Gasteiger partial charge in [-0.2, -0.15) is 0 Å². The van der Waals surface area contributed by atoms with Gasteiger partial charge < -0.3 is 15.5 Å². The van der Waals surface area contributed by atoms with Crippen molar-refractivity contribution >= 4 is 53.7 Å². The highest BCUT2D eigenvalue weighted by molar-refractivity contribution is 7.12. The normalized spacial score (nSPS) is 16.2. The number of likely N-dealkylation sites (tertiary alicyclic amines) is 1. The van der Waals surface area contributed by atoms with E-state index < -0.39 is 0 Å². The molecule has 2 N–H and O–H groups in total. The number of carbonyl (C=O) groups is 2. The van der Waals surface area contributed by atoms with Crippen molar-refractivity contribution < 1.29 is 9.59 Å². The number of thiophene rings is 1. The van der Waals surface area contributed by atoms with Crippen LogP contribution in [0.1, 0.15) is 32.9 Å². The molecule has 6 nitrogen and oxygen atoms in total. The zero-order valence-electron chi connectivity index (χ0n) is 14.3. The van der Waals surface area contributed by atoms with E-state index >= 15 is 0 Å². The maximum Gasteiger partial charge on any atom is 0.266 e. The summed E-state index contributed by atoms with van der Waals surface area (Å²) < 4.78 is 0. The van der Waals surface area contributed by atoms with E-state index in [4.69, 9.17) is 0 Å². The van der Waals surface area contributed by atoms with Gasteiger partial charge in [-0.05, 0) is 43.5 Å². The molecule has 0 aromatic carbocycles. The van der Waals surface area contributed by atoms with Gasteiger partial charge in [-0.25, -0.2) is 0 Å². The monoisotopic (exact) mass is 416 g/mol. The van der Waals surface area contributed by atoms with E-state index in [9.17, 15) is 9.59 Å². The number of hydrogen-bond donors (Lipinski definition) is 2. The van der Waals surface area contributed by atoms with Crippen LogP contribution in [0.25, 0.3) is 0 Å². The summed E-state index contributed by atoms with van der Waals surface area (Å²) in [6, 6.07) is 5.39. The smallest absolute Gasteiger partial charge is 0.266 e. The van der Waals surface area contributed by atoms with Crippen LogP contribution in [0.5, 0.6) is 0 Å². The van der Waals surface area contributed by atoms with Gasteiger partial charge in [0.25, 0.3) is 11.8 Å². The Kier molecular flexibility index (Phi) is 9.01. The Balaban J connectivity index is 0.00000169. The van der Waals surface area contributed by atoms with E-state index in [2.05, 4.69) is 15.6 Å². The lowest BCUT2D eigenvalue weighted by molar-refractivity contribution is 0.0704. The molecule has 1 atom stereocenters. The van der Waals surface area contributed by atoms with Crippen molar-refractivity contribution in [1.82, 2.24) is 15.2 Å². The van der Waals surface area contributed by atoms with Crippen molar-refractivity contribution in [3.8, 4) is 0 Å². The van der Waals surface area contributed by atoms with Crippen LogP contribution in [-0.4, -0.2) is 47.9 Å². The molecule has 9 heteroatoms. The highest BCUT2D eigenvalue weighted by Gasteiger charge is 2.26. The lowest BCUT2D eigenvalue weighted by Gasteiger charge is -2.32. The van der Waals surface area contributed by atoms with Crippen molar-refractivity contribution in [2.75, 3.05) is 25.5 Å². The first-order valence-electron chi connectivity index (χ1n) is 7.94. The summed E-state index contributed by atoms with van der Waals surface area (Å²) in [6.45, 7) is 1.46. The second-order valence-corrected chi connectivity index (χ2v) is 6.65. The van der Waals surface area contributed by atoms with Crippen LogP contribution in [0.3, 0.4) is 0 Å². The number of aromatic nitrogens is 1. The summed E-state index contributed by atoms with van der Waals surface area (Å²) >= 11 is 1.36. The van der Waals surface area contributed by atoms with Crippen LogP contribution < -0.4 is 10.6 Å². The molecule has 1 unspecified atom stereocenters. The molecule has 142 valence electrons. The molecule has 26 heavy (non-hydrogen) atoms. The van der Waals surface area contributed by atoms with Gasteiger partial charge in [-0.3, -0.25) is 14.6 Å². The number of nitrogens with one attached hydrogen (secondary N) is 2. The third-order valence-electron chi connectivity index (χ3n) is 4.17. The molecule has 0 saturated carbocycles. The molecule has 1 aliphatic rings. The molecule has 3 heterocycles. The first-order chi connectivity index (χ1) is 11.7. The number of anilines is 1. The number of nitrogens with zero attached hydrogens (tertiary/aromatic N) is 2. The highest BCUT2D eigenvalue weighted by atomic mass is 35.5. The molecular formula is C17H22Cl2N4O2S. The molecule has 1 saturated heterocycles. The van der Waals surface area contributed by atoms with Gasteiger partial charge in [0.1, 0.15) is 4.88 Å². The van der Waals surface area contributed by atoms with Crippen LogP contribution in [0.4, 0.5) is 5.69 Å². The summed E-state index contributed by atoms with van der Waals surface area (Å²) in [5.41, 5.74) is 1.08. The Hall–Kier alpha value is -1.67. The van der Waals surface area contributed by atoms with Crippen LogP contribution in [0, 0.1) is 0 Å². The summed E-state index contributed by atoms with van der Waals surface area (Å²) in [7, 11) is 1.92. The minimum Gasteiger partial charge on any atom is -0.336 e. The summed E-state index contributed by atoms with van der Waals surface area (Å²) in [5, 5.41) is 7.90. The fourth-order valence-corrected chi connectivity index (χ4v) is 3.63. The van der Waals surface area contributed by atoms with Gasteiger partial charge in [-0.1, -0.05) is 0 Å². The molecule has 1 aliphatic heterocycles. The second-order valence-electron chi connectivity index (χ2n) is 5.73. The van der Waals surface area contributed by atoms with Crippen LogP contribution in [0.15, 0.2) is 36.0 Å². The molecule has 2 aromatic rings. The minimum absolute atomic E-state index is 0. The molecule has 2 amide bonds. The van der Waals surface area contributed by atoms with Gasteiger partial charge in [0.05, 0.1) is 5.69 Å². The van der Waals surface area contributed by atoms with Crippen molar-refractivity contribution in [2.24, 2.45) is 0 Å². The standard InChI is InChI=1S/C17H20N4O2S.2ClH/c1-18-13-3-2-9-21(11-13)17(23)15-14(6-10-24-15)20-16(22)12-4-7-19-8-5-12;;/h4-8,10,13,18H,2-3,9,11H2,1H3,(H,20,22);2*1H. The van der Waals surface area contributed by atoms with Gasteiger partial charge in [-0.15, -0.1) is 36.2 Å². The SMILES string of the molecule is CNC1CCCN(C(=O)c2sccc2NC(=O)c2ccncc2)C1.Cl.Cl. The average Bonchev–Trinajstić information content (AvgIpc) is 3.10. The number of hydrogen-bond acceptors (Lipinski definition) is 5. The Morgan fingerprint density at radius 1 is 1.23 bits per heavy atom. The number of piperidine rings is 1. The van der Waals surface area contributed by atoms with E-state index in [1.165, 1.54) is 11.3 Å². The predicted molar refractivity (Wildman–Crippen MR) is 109 cm³/mol. The number of rotatable bonds is 4. The van der Waals surface area contributed by atoms with Crippen LogP contribution in [-0.2, 0) is 0 Å². The lowest BCUT2D eigenvalue weighted by Crippen LogP contribution is -2.46. The lowest BCUT2D eigenvalue weighted by atomic mass is 10.1. The van der Waals surface area contributed by atoms with E-state index in [0.29, 0.717) is 28.7 Å². The Morgan fingerprint density at radius 2 is 1.96 bits per heavy atom.